The van der Waals surface area contributed by atoms with Gasteiger partial charge in [-0.3, -0.25) is 4.79 Å². The number of nitrogens with one attached hydrogen (secondary N) is 1. The highest BCUT2D eigenvalue weighted by atomic mass is 16.5. The van der Waals surface area contributed by atoms with Crippen LogP contribution in [0.4, 0.5) is 0 Å². The third-order valence-corrected chi connectivity index (χ3v) is 3.86. The fourth-order valence-corrected chi connectivity index (χ4v) is 2.50. The van der Waals surface area contributed by atoms with Gasteiger partial charge in [-0.25, -0.2) is 0 Å². The summed E-state index contributed by atoms with van der Waals surface area (Å²) in [6.45, 7) is 3.37. The van der Waals surface area contributed by atoms with Crippen molar-refractivity contribution in [3.63, 3.8) is 0 Å². The molecule has 2 rings (SSSR count). The summed E-state index contributed by atoms with van der Waals surface area (Å²) in [6.07, 6.45) is 6.14. The maximum Gasteiger partial charge on any atom is 0.243 e. The van der Waals surface area contributed by atoms with Crippen LogP contribution < -0.4 is 14.8 Å². The average molecular weight is 353 g/mol. The van der Waals surface area contributed by atoms with E-state index in [1.807, 2.05) is 36.4 Å². The van der Waals surface area contributed by atoms with Gasteiger partial charge < -0.3 is 14.8 Å². The number of rotatable bonds is 10. The van der Waals surface area contributed by atoms with E-state index in [0.29, 0.717) is 18.9 Å². The highest BCUT2D eigenvalue weighted by Gasteiger charge is 2.04. The average Bonchev–Trinajstić information content (AvgIpc) is 2.69. The van der Waals surface area contributed by atoms with Crippen LogP contribution in [-0.4, -0.2) is 26.2 Å². The molecule has 0 aromatic heterocycles. The minimum atomic E-state index is -0.0941. The predicted octanol–water partition coefficient (Wildman–Crippen LogP) is 4.25. The maximum absolute atomic E-state index is 11.9. The van der Waals surface area contributed by atoms with Crippen LogP contribution in [0.5, 0.6) is 11.5 Å². The van der Waals surface area contributed by atoms with Crippen LogP contribution in [0.1, 0.15) is 30.9 Å². The fraction of sp³-hybridized carbons (Fsp3) is 0.318. The Kier molecular flexibility index (Phi) is 8.27. The Labute approximate surface area is 155 Å². The first-order chi connectivity index (χ1) is 12.7. The van der Waals surface area contributed by atoms with Gasteiger partial charge in [-0.15, -0.1) is 0 Å². The molecule has 0 saturated heterocycles. The van der Waals surface area contributed by atoms with E-state index in [1.165, 1.54) is 5.56 Å². The summed E-state index contributed by atoms with van der Waals surface area (Å²) in [5.74, 6) is 1.30. The van der Waals surface area contributed by atoms with Gasteiger partial charge in [0.1, 0.15) is 0 Å². The fourth-order valence-electron chi connectivity index (χ4n) is 2.50. The maximum atomic E-state index is 11.9. The molecule has 2 aromatic rings. The van der Waals surface area contributed by atoms with Gasteiger partial charge in [0, 0.05) is 12.6 Å². The van der Waals surface area contributed by atoms with Crippen molar-refractivity contribution in [3.05, 3.63) is 65.7 Å². The van der Waals surface area contributed by atoms with Crippen LogP contribution in [0, 0.1) is 0 Å². The normalized spacial score (nSPS) is 10.7. The van der Waals surface area contributed by atoms with Crippen molar-refractivity contribution in [3.8, 4) is 11.5 Å². The van der Waals surface area contributed by atoms with Gasteiger partial charge in [0.05, 0.1) is 13.7 Å². The minimum Gasteiger partial charge on any atom is -0.493 e. The molecule has 138 valence electrons. The summed E-state index contributed by atoms with van der Waals surface area (Å²) in [5, 5.41) is 2.91. The van der Waals surface area contributed by atoms with Crippen molar-refractivity contribution in [2.75, 3.05) is 20.3 Å². The monoisotopic (exact) mass is 353 g/mol. The highest BCUT2D eigenvalue weighted by molar-refractivity contribution is 5.91. The molecule has 1 amide bonds. The molecule has 0 aliphatic rings. The quantitative estimate of drug-likeness (QED) is 0.513. The van der Waals surface area contributed by atoms with Crippen LogP contribution in [-0.2, 0) is 11.2 Å². The van der Waals surface area contributed by atoms with E-state index in [2.05, 4.69) is 24.4 Å². The summed E-state index contributed by atoms with van der Waals surface area (Å²) in [6, 6.07) is 15.9. The zero-order valence-corrected chi connectivity index (χ0v) is 15.5. The molecule has 4 heteroatoms. The molecule has 1 N–H and O–H groups in total. The van der Waals surface area contributed by atoms with Gasteiger partial charge >= 0.3 is 0 Å². The lowest BCUT2D eigenvalue weighted by molar-refractivity contribution is -0.116. The van der Waals surface area contributed by atoms with Crippen molar-refractivity contribution in [2.45, 2.75) is 26.2 Å². The smallest absolute Gasteiger partial charge is 0.243 e. The van der Waals surface area contributed by atoms with E-state index >= 15 is 0 Å². The van der Waals surface area contributed by atoms with Gasteiger partial charge in [-0.2, -0.15) is 0 Å². The Morgan fingerprint density at radius 3 is 2.65 bits per heavy atom. The zero-order valence-electron chi connectivity index (χ0n) is 15.5. The molecular weight excluding hydrogens is 326 g/mol. The molecule has 0 radical (unpaired) electrons. The van der Waals surface area contributed by atoms with E-state index in [9.17, 15) is 4.79 Å². The minimum absolute atomic E-state index is 0.0941. The molecule has 0 atom stereocenters. The van der Waals surface area contributed by atoms with Gasteiger partial charge in [-0.05, 0) is 48.6 Å². The first-order valence-corrected chi connectivity index (χ1v) is 9.03. The summed E-state index contributed by atoms with van der Waals surface area (Å²) in [4.78, 5) is 11.9. The highest BCUT2D eigenvalue weighted by Crippen LogP contribution is 2.28. The molecule has 0 aliphatic heterocycles. The molecule has 2 aromatic carbocycles. The van der Waals surface area contributed by atoms with Crippen LogP contribution >= 0.6 is 0 Å². The van der Waals surface area contributed by atoms with Gasteiger partial charge in [-0.1, -0.05) is 43.3 Å². The molecule has 0 spiro atoms. The summed E-state index contributed by atoms with van der Waals surface area (Å²) < 4.78 is 11.0. The second-order valence-electron chi connectivity index (χ2n) is 5.97. The van der Waals surface area contributed by atoms with Gasteiger partial charge in [0.2, 0.25) is 5.91 Å². The molecule has 0 aliphatic carbocycles. The lowest BCUT2D eigenvalue weighted by Gasteiger charge is -2.10. The molecule has 0 unspecified atom stereocenters. The van der Waals surface area contributed by atoms with Gasteiger partial charge in [0.25, 0.3) is 0 Å². The second kappa shape index (κ2) is 11.0. The number of benzene rings is 2. The topological polar surface area (TPSA) is 47.6 Å². The molecule has 0 heterocycles. The lowest BCUT2D eigenvalue weighted by Crippen LogP contribution is -2.22. The number of methoxy groups -OCH3 is 1. The van der Waals surface area contributed by atoms with E-state index < -0.39 is 0 Å². The third kappa shape index (κ3) is 6.63. The number of carbonyl (C=O) groups excluding carboxylic acids is 1. The Balaban J connectivity index is 1.79. The Morgan fingerprint density at radius 1 is 1.12 bits per heavy atom. The van der Waals surface area contributed by atoms with Crippen LogP contribution in [0.25, 0.3) is 6.08 Å². The summed E-state index contributed by atoms with van der Waals surface area (Å²) >= 11 is 0. The van der Waals surface area contributed by atoms with E-state index in [4.69, 9.17) is 9.47 Å². The first-order valence-electron chi connectivity index (χ1n) is 9.03. The third-order valence-electron chi connectivity index (χ3n) is 3.86. The number of carbonyl (C=O) groups is 1. The van der Waals surface area contributed by atoms with Gasteiger partial charge in [0.15, 0.2) is 11.5 Å². The number of aryl methyl sites for hydroxylation is 1. The molecule has 0 bridgehead atoms. The standard InChI is InChI=1S/C22H27NO3/c1-3-16-26-20-13-11-19(17-21(20)25-2)12-14-22(24)23-15-7-10-18-8-5-4-6-9-18/h4-6,8-9,11-14,17H,3,7,10,15-16H2,1-2H3,(H,23,24)/b14-12+. The summed E-state index contributed by atoms with van der Waals surface area (Å²) in [7, 11) is 1.61. The molecule has 0 saturated carbocycles. The number of ether oxygens (including phenoxy) is 2. The molecule has 0 fully saturated rings. The predicted molar refractivity (Wildman–Crippen MR) is 106 cm³/mol. The van der Waals surface area contributed by atoms with Crippen LogP contribution in [0.3, 0.4) is 0 Å². The Hall–Kier alpha value is -2.75. The summed E-state index contributed by atoms with van der Waals surface area (Å²) in [5.41, 5.74) is 2.18. The zero-order chi connectivity index (χ0) is 18.6. The first kappa shape index (κ1) is 19.6. The SMILES string of the molecule is CCCOc1ccc(/C=C/C(=O)NCCCc2ccccc2)cc1OC. The van der Waals surface area contributed by atoms with E-state index in [0.717, 1.165) is 30.6 Å². The van der Waals surface area contributed by atoms with Crippen molar-refractivity contribution >= 4 is 12.0 Å². The van der Waals surface area contributed by atoms with Crippen LogP contribution in [0.2, 0.25) is 0 Å². The van der Waals surface area contributed by atoms with E-state index in [-0.39, 0.29) is 5.91 Å². The number of amides is 1. The van der Waals surface area contributed by atoms with Crippen molar-refractivity contribution in [1.82, 2.24) is 5.32 Å². The molecule has 26 heavy (non-hydrogen) atoms. The van der Waals surface area contributed by atoms with Crippen LogP contribution in [0.15, 0.2) is 54.6 Å². The van der Waals surface area contributed by atoms with Crippen molar-refractivity contribution < 1.29 is 14.3 Å². The van der Waals surface area contributed by atoms with Crippen molar-refractivity contribution in [1.29, 1.82) is 0 Å². The number of hydrogen-bond acceptors (Lipinski definition) is 3. The largest absolute Gasteiger partial charge is 0.493 e. The Morgan fingerprint density at radius 2 is 1.92 bits per heavy atom. The Bertz CT molecular complexity index is 711. The lowest BCUT2D eigenvalue weighted by atomic mass is 10.1. The molecule has 4 nitrogen and oxygen atoms in total. The molecular formula is C22H27NO3. The van der Waals surface area contributed by atoms with Crippen molar-refractivity contribution in [2.24, 2.45) is 0 Å². The second-order valence-corrected chi connectivity index (χ2v) is 5.97. The van der Waals surface area contributed by atoms with E-state index in [1.54, 1.807) is 19.3 Å². The number of hydrogen-bond donors (Lipinski definition) is 1.